The van der Waals surface area contributed by atoms with Crippen molar-refractivity contribution in [2.24, 2.45) is 0 Å². The van der Waals surface area contributed by atoms with Crippen molar-refractivity contribution in [3.8, 4) is 0 Å². The summed E-state index contributed by atoms with van der Waals surface area (Å²) in [6, 6.07) is 6.56. The van der Waals surface area contributed by atoms with E-state index in [4.69, 9.17) is 0 Å². The van der Waals surface area contributed by atoms with Crippen molar-refractivity contribution in [1.82, 2.24) is 10.0 Å². The first-order chi connectivity index (χ1) is 8.31. The summed E-state index contributed by atoms with van der Waals surface area (Å²) < 4.78 is 3.28. The summed E-state index contributed by atoms with van der Waals surface area (Å²) in [6.07, 6.45) is 3.76. The van der Waals surface area contributed by atoms with E-state index in [1.54, 1.807) is 11.9 Å². The van der Waals surface area contributed by atoms with Gasteiger partial charge in [-0.3, -0.25) is 4.72 Å². The van der Waals surface area contributed by atoms with Crippen LogP contribution in [0.3, 0.4) is 0 Å². The highest BCUT2D eigenvalue weighted by atomic mass is 32.2. The molecule has 2 nitrogen and oxygen atoms in total. The fourth-order valence-corrected chi connectivity index (χ4v) is 2.73. The minimum Gasteiger partial charge on any atom is -0.385 e. The maximum Gasteiger partial charge on any atom is 0.0341 e. The second-order valence-corrected chi connectivity index (χ2v) is 5.29. The second-order valence-electron chi connectivity index (χ2n) is 4.36. The topological polar surface area (TPSA) is 24.1 Å². The lowest BCUT2D eigenvalue weighted by atomic mass is 10.1. The average molecular weight is 248 g/mol. The number of hydrogen-bond acceptors (Lipinski definition) is 3. The van der Waals surface area contributed by atoms with Gasteiger partial charge in [-0.15, -0.1) is 0 Å². The summed E-state index contributed by atoms with van der Waals surface area (Å²) in [7, 11) is 0. The number of hydrogen-bond donors (Lipinski definition) is 2. The minimum atomic E-state index is 0.969. The Balaban J connectivity index is 1.91. The van der Waals surface area contributed by atoms with Crippen LogP contribution in [0.2, 0.25) is 0 Å². The molecule has 0 aliphatic carbocycles. The smallest absolute Gasteiger partial charge is 0.0341 e. The first-order valence-corrected chi connectivity index (χ1v) is 7.08. The molecule has 0 amide bonds. The molecule has 0 aromatic heterocycles. The second kappa shape index (κ2) is 6.12. The van der Waals surface area contributed by atoms with E-state index in [2.05, 4.69) is 41.7 Å². The zero-order valence-corrected chi connectivity index (χ0v) is 11.2. The number of unbranched alkanes of at least 4 members (excludes halogenated alkanes) is 2. The maximum atomic E-state index is 4.11. The Morgan fingerprint density at radius 2 is 2.35 bits per heavy atom. The van der Waals surface area contributed by atoms with E-state index in [0.29, 0.717) is 0 Å². The Labute approximate surface area is 108 Å². The van der Waals surface area contributed by atoms with Crippen molar-refractivity contribution in [2.45, 2.75) is 37.6 Å². The van der Waals surface area contributed by atoms with Gasteiger partial charge in [-0.2, -0.15) is 0 Å². The average Bonchev–Trinajstić information content (AvgIpc) is 2.81. The molecular formula is C14H20N2S. The van der Waals surface area contributed by atoms with E-state index in [1.807, 2.05) is 0 Å². The van der Waals surface area contributed by atoms with Crippen LogP contribution in [-0.2, 0) is 6.54 Å². The van der Waals surface area contributed by atoms with Gasteiger partial charge in [0.15, 0.2) is 0 Å². The summed E-state index contributed by atoms with van der Waals surface area (Å²) in [5.41, 5.74) is 3.63. The van der Waals surface area contributed by atoms with E-state index in [0.717, 1.165) is 18.8 Å². The van der Waals surface area contributed by atoms with Crippen LogP contribution >= 0.6 is 11.9 Å². The van der Waals surface area contributed by atoms with Crippen LogP contribution in [0.4, 0.5) is 0 Å². The summed E-state index contributed by atoms with van der Waals surface area (Å²) in [6.45, 7) is 8.32. The van der Waals surface area contributed by atoms with Gasteiger partial charge < -0.3 is 5.32 Å². The highest BCUT2D eigenvalue weighted by molar-refractivity contribution is 7.97. The molecule has 1 aliphatic rings. The molecule has 0 unspecified atom stereocenters. The molecule has 0 saturated carbocycles. The van der Waals surface area contributed by atoms with Crippen molar-refractivity contribution in [3.63, 3.8) is 0 Å². The van der Waals surface area contributed by atoms with Crippen LogP contribution in [-0.4, -0.2) is 6.54 Å². The largest absolute Gasteiger partial charge is 0.385 e. The Kier molecular flexibility index (Phi) is 4.51. The molecule has 0 radical (unpaired) electrons. The SMILES string of the molecule is C=C(NCCCCC)c1ccc2c(c1)SNC2. The van der Waals surface area contributed by atoms with Gasteiger partial charge in [0, 0.05) is 23.7 Å². The molecule has 0 atom stereocenters. The molecule has 92 valence electrons. The van der Waals surface area contributed by atoms with Gasteiger partial charge in [0.2, 0.25) is 0 Å². The van der Waals surface area contributed by atoms with Crippen LogP contribution in [0.15, 0.2) is 29.7 Å². The highest BCUT2D eigenvalue weighted by Gasteiger charge is 2.11. The zero-order chi connectivity index (χ0) is 12.1. The summed E-state index contributed by atoms with van der Waals surface area (Å²) >= 11 is 1.71. The van der Waals surface area contributed by atoms with Gasteiger partial charge >= 0.3 is 0 Å². The van der Waals surface area contributed by atoms with E-state index < -0.39 is 0 Å². The van der Waals surface area contributed by atoms with Crippen LogP contribution in [0.5, 0.6) is 0 Å². The van der Waals surface area contributed by atoms with Gasteiger partial charge in [-0.05, 0) is 35.6 Å². The molecule has 17 heavy (non-hydrogen) atoms. The Bertz CT molecular complexity index is 401. The predicted molar refractivity (Wildman–Crippen MR) is 75.7 cm³/mol. The first-order valence-electron chi connectivity index (χ1n) is 6.27. The Morgan fingerprint density at radius 3 is 3.18 bits per heavy atom. The van der Waals surface area contributed by atoms with E-state index in [9.17, 15) is 0 Å². The van der Waals surface area contributed by atoms with Crippen molar-refractivity contribution >= 4 is 17.6 Å². The number of rotatable bonds is 6. The van der Waals surface area contributed by atoms with E-state index in [-0.39, 0.29) is 0 Å². The molecule has 0 saturated heterocycles. The molecule has 0 spiro atoms. The third kappa shape index (κ3) is 3.27. The fourth-order valence-electron chi connectivity index (χ4n) is 1.89. The third-order valence-corrected chi connectivity index (χ3v) is 3.87. The molecule has 1 aromatic carbocycles. The lowest BCUT2D eigenvalue weighted by molar-refractivity contribution is 0.689. The lowest BCUT2D eigenvalue weighted by Gasteiger charge is -2.10. The molecule has 2 rings (SSSR count). The molecule has 0 fully saturated rings. The predicted octanol–water partition coefficient (Wildman–Crippen LogP) is 3.55. The Morgan fingerprint density at radius 1 is 1.47 bits per heavy atom. The zero-order valence-electron chi connectivity index (χ0n) is 10.4. The van der Waals surface area contributed by atoms with Gasteiger partial charge in [0.05, 0.1) is 0 Å². The number of nitrogens with one attached hydrogen (secondary N) is 2. The van der Waals surface area contributed by atoms with Gasteiger partial charge in [-0.25, -0.2) is 0 Å². The van der Waals surface area contributed by atoms with Crippen LogP contribution in [0.1, 0.15) is 37.3 Å². The summed E-state index contributed by atoms with van der Waals surface area (Å²) in [5, 5.41) is 3.40. The van der Waals surface area contributed by atoms with Crippen molar-refractivity contribution in [2.75, 3.05) is 6.54 Å². The van der Waals surface area contributed by atoms with E-state index in [1.165, 1.54) is 35.3 Å². The van der Waals surface area contributed by atoms with Crippen molar-refractivity contribution < 1.29 is 0 Å². The monoisotopic (exact) mass is 248 g/mol. The molecule has 2 N–H and O–H groups in total. The van der Waals surface area contributed by atoms with Gasteiger partial charge in [0.1, 0.15) is 0 Å². The normalized spacial score (nSPS) is 13.5. The molecule has 0 bridgehead atoms. The van der Waals surface area contributed by atoms with Gasteiger partial charge in [-0.1, -0.05) is 38.5 Å². The quantitative estimate of drug-likeness (QED) is 0.595. The Hall–Kier alpha value is -0.930. The highest BCUT2D eigenvalue weighted by Crippen LogP contribution is 2.29. The minimum absolute atomic E-state index is 0.969. The summed E-state index contributed by atoms with van der Waals surface area (Å²) in [5.74, 6) is 0. The van der Waals surface area contributed by atoms with Crippen molar-refractivity contribution in [3.05, 3.63) is 35.9 Å². The van der Waals surface area contributed by atoms with Crippen LogP contribution in [0, 0.1) is 0 Å². The van der Waals surface area contributed by atoms with Crippen LogP contribution in [0.25, 0.3) is 5.70 Å². The number of benzene rings is 1. The molecule has 1 heterocycles. The third-order valence-electron chi connectivity index (χ3n) is 2.98. The van der Waals surface area contributed by atoms with Crippen LogP contribution < -0.4 is 10.0 Å². The van der Waals surface area contributed by atoms with Crippen molar-refractivity contribution in [1.29, 1.82) is 0 Å². The number of fused-ring (bicyclic) bond motifs is 1. The summed E-state index contributed by atoms with van der Waals surface area (Å²) in [4.78, 5) is 1.33. The molecule has 1 aliphatic heterocycles. The maximum absolute atomic E-state index is 4.11. The fraction of sp³-hybridized carbons (Fsp3) is 0.429. The lowest BCUT2D eigenvalue weighted by Crippen LogP contribution is -2.12. The molecule has 3 heteroatoms. The molecular weight excluding hydrogens is 228 g/mol. The first kappa shape index (κ1) is 12.5. The van der Waals surface area contributed by atoms with E-state index >= 15 is 0 Å². The van der Waals surface area contributed by atoms with Gasteiger partial charge in [0.25, 0.3) is 0 Å². The standard InChI is InChI=1S/C14H20N2S/c1-3-4-5-8-15-11(2)12-6-7-13-10-16-17-14(13)9-12/h6-7,9,15-16H,2-5,8,10H2,1H3. The molecule has 1 aromatic rings.